The van der Waals surface area contributed by atoms with Crippen molar-refractivity contribution in [3.05, 3.63) is 105 Å². The number of carbonyl (C=O) groups excluding carboxylic acids is 1. The number of thiazole rings is 1. The summed E-state index contributed by atoms with van der Waals surface area (Å²) >= 11 is 8.02. The van der Waals surface area contributed by atoms with Crippen LogP contribution in [0.2, 0.25) is 0 Å². The van der Waals surface area contributed by atoms with Crippen LogP contribution < -0.4 is 5.56 Å². The summed E-state index contributed by atoms with van der Waals surface area (Å²) in [6.45, 7) is 0.376. The Morgan fingerprint density at radius 3 is 2.45 bits per heavy atom. The van der Waals surface area contributed by atoms with Crippen molar-refractivity contribution in [2.45, 2.75) is 11.7 Å². The van der Waals surface area contributed by atoms with Crippen LogP contribution in [-0.2, 0) is 6.54 Å². The van der Waals surface area contributed by atoms with E-state index >= 15 is 0 Å². The molecule has 164 valence electrons. The number of rotatable bonds is 7. The summed E-state index contributed by atoms with van der Waals surface area (Å²) in [6.07, 6.45) is 1.60. The minimum atomic E-state index is -0.213. The molecule has 0 saturated heterocycles. The fourth-order valence-electron chi connectivity index (χ4n) is 3.41. The van der Waals surface area contributed by atoms with Crippen molar-refractivity contribution in [1.82, 2.24) is 14.1 Å². The molecule has 2 aromatic carbocycles. The summed E-state index contributed by atoms with van der Waals surface area (Å²) in [7, 11) is 0. The monoisotopic (exact) mass is 491 g/mol. The Balaban J connectivity index is 1.62. The SMILES string of the molecule is O=C(CSc1nc2c(sc(=S)n2Cc2ccco2)c(=O)n1-c1ccccc1)c1ccccc1. The van der Waals surface area contributed by atoms with Gasteiger partial charge in [-0.3, -0.25) is 18.7 Å². The lowest BCUT2D eigenvalue weighted by Gasteiger charge is -2.12. The van der Waals surface area contributed by atoms with Gasteiger partial charge in [-0.25, -0.2) is 4.98 Å². The van der Waals surface area contributed by atoms with Gasteiger partial charge in [-0.1, -0.05) is 71.6 Å². The van der Waals surface area contributed by atoms with Gasteiger partial charge in [-0.05, 0) is 36.5 Å². The third-order valence-electron chi connectivity index (χ3n) is 5.00. The van der Waals surface area contributed by atoms with Crippen LogP contribution in [0.1, 0.15) is 16.1 Å². The molecule has 0 N–H and O–H groups in total. The normalized spacial score (nSPS) is 11.2. The summed E-state index contributed by atoms with van der Waals surface area (Å²) in [5.74, 6) is 0.832. The molecule has 0 aliphatic rings. The number of hydrogen-bond donors (Lipinski definition) is 0. The van der Waals surface area contributed by atoms with E-state index in [9.17, 15) is 9.59 Å². The van der Waals surface area contributed by atoms with Crippen molar-refractivity contribution in [2.75, 3.05) is 5.75 Å². The number of furan rings is 1. The van der Waals surface area contributed by atoms with Gasteiger partial charge in [0.25, 0.3) is 5.56 Å². The van der Waals surface area contributed by atoms with Crippen LogP contribution in [0.25, 0.3) is 16.0 Å². The molecule has 9 heteroatoms. The zero-order chi connectivity index (χ0) is 22.8. The lowest BCUT2D eigenvalue weighted by molar-refractivity contribution is 0.102. The van der Waals surface area contributed by atoms with E-state index in [1.807, 2.05) is 54.6 Å². The summed E-state index contributed by atoms with van der Waals surface area (Å²) in [5, 5.41) is 0.434. The second-order valence-electron chi connectivity index (χ2n) is 7.13. The Morgan fingerprint density at radius 2 is 1.76 bits per heavy atom. The number of carbonyl (C=O) groups is 1. The van der Waals surface area contributed by atoms with Crippen LogP contribution in [0, 0.1) is 3.95 Å². The molecule has 5 rings (SSSR count). The van der Waals surface area contributed by atoms with Gasteiger partial charge in [0.15, 0.2) is 20.5 Å². The van der Waals surface area contributed by atoms with Gasteiger partial charge < -0.3 is 4.42 Å². The van der Waals surface area contributed by atoms with Gasteiger partial charge in [0.05, 0.1) is 24.2 Å². The fourth-order valence-corrected chi connectivity index (χ4v) is 5.57. The predicted octanol–water partition coefficient (Wildman–Crippen LogP) is 5.59. The third-order valence-corrected chi connectivity index (χ3v) is 7.36. The first-order chi connectivity index (χ1) is 16.1. The van der Waals surface area contributed by atoms with Crippen molar-refractivity contribution >= 4 is 51.4 Å². The lowest BCUT2D eigenvalue weighted by atomic mass is 10.2. The second-order valence-corrected chi connectivity index (χ2v) is 9.72. The third kappa shape index (κ3) is 4.35. The molecule has 0 fully saturated rings. The highest BCUT2D eigenvalue weighted by Crippen LogP contribution is 2.26. The van der Waals surface area contributed by atoms with E-state index in [4.69, 9.17) is 21.6 Å². The molecule has 0 spiro atoms. The highest BCUT2D eigenvalue weighted by molar-refractivity contribution is 7.99. The van der Waals surface area contributed by atoms with Crippen molar-refractivity contribution in [2.24, 2.45) is 0 Å². The fraction of sp³-hybridized carbons (Fsp3) is 0.0833. The molecule has 3 aromatic heterocycles. The zero-order valence-electron chi connectivity index (χ0n) is 17.2. The summed E-state index contributed by atoms with van der Waals surface area (Å²) in [5.41, 5.74) is 1.59. The average Bonchev–Trinajstić information content (AvgIpc) is 3.47. The highest BCUT2D eigenvalue weighted by atomic mass is 32.2. The zero-order valence-corrected chi connectivity index (χ0v) is 19.7. The van der Waals surface area contributed by atoms with Crippen molar-refractivity contribution in [3.8, 4) is 5.69 Å². The predicted molar refractivity (Wildman–Crippen MR) is 133 cm³/mol. The number of thioether (sulfide) groups is 1. The maximum absolute atomic E-state index is 13.6. The first kappa shape index (κ1) is 21.6. The molecule has 0 bridgehead atoms. The van der Waals surface area contributed by atoms with Crippen molar-refractivity contribution in [3.63, 3.8) is 0 Å². The molecule has 6 nitrogen and oxygen atoms in total. The number of benzene rings is 2. The molecule has 0 radical (unpaired) electrons. The number of hydrogen-bond acceptors (Lipinski definition) is 7. The molecule has 0 saturated carbocycles. The molecule has 0 aliphatic carbocycles. The molecule has 3 heterocycles. The van der Waals surface area contributed by atoms with E-state index in [-0.39, 0.29) is 17.1 Å². The van der Waals surface area contributed by atoms with Crippen LogP contribution >= 0.6 is 35.3 Å². The van der Waals surface area contributed by atoms with Gasteiger partial charge in [0, 0.05) is 5.56 Å². The number of nitrogens with zero attached hydrogens (tertiary/aromatic N) is 3. The standard InChI is InChI=1S/C24H17N3O3S3/c28-19(16-8-3-1-4-9-16)15-32-23-25-21-20(22(29)27(23)17-10-5-2-6-11-17)33-24(31)26(21)14-18-12-7-13-30-18/h1-13H,14-15H2. The van der Waals surface area contributed by atoms with Crippen LogP contribution in [0.5, 0.6) is 0 Å². The van der Waals surface area contributed by atoms with E-state index in [2.05, 4.69) is 0 Å². The molecule has 0 aliphatic heterocycles. The van der Waals surface area contributed by atoms with E-state index in [1.54, 1.807) is 33.6 Å². The van der Waals surface area contributed by atoms with Gasteiger partial charge in [0.2, 0.25) is 0 Å². The maximum atomic E-state index is 13.6. The number of fused-ring (bicyclic) bond motifs is 1. The topological polar surface area (TPSA) is 70.0 Å². The van der Waals surface area contributed by atoms with E-state index in [0.717, 1.165) is 0 Å². The van der Waals surface area contributed by atoms with Crippen molar-refractivity contribution in [1.29, 1.82) is 0 Å². The Morgan fingerprint density at radius 1 is 1.03 bits per heavy atom. The van der Waals surface area contributed by atoms with Crippen LogP contribution in [-0.4, -0.2) is 25.7 Å². The van der Waals surface area contributed by atoms with Crippen molar-refractivity contribution < 1.29 is 9.21 Å². The largest absolute Gasteiger partial charge is 0.467 e. The molecule has 0 amide bonds. The molecular formula is C24H17N3O3S3. The van der Waals surface area contributed by atoms with Gasteiger partial charge in [-0.15, -0.1) is 0 Å². The Bertz CT molecular complexity index is 1540. The molecular weight excluding hydrogens is 474 g/mol. The molecule has 0 atom stereocenters. The summed E-state index contributed by atoms with van der Waals surface area (Å²) in [4.78, 5) is 31.1. The first-order valence-corrected chi connectivity index (χ1v) is 12.3. The smallest absolute Gasteiger partial charge is 0.278 e. The van der Waals surface area contributed by atoms with Gasteiger partial charge in [-0.2, -0.15) is 0 Å². The second kappa shape index (κ2) is 9.30. The number of ketones is 1. The lowest BCUT2D eigenvalue weighted by Crippen LogP contribution is -2.22. The average molecular weight is 492 g/mol. The Labute approximate surface area is 202 Å². The number of para-hydroxylation sites is 1. The number of aromatic nitrogens is 3. The highest BCUT2D eigenvalue weighted by Gasteiger charge is 2.19. The molecule has 5 aromatic rings. The minimum absolute atomic E-state index is 0.0349. The summed E-state index contributed by atoms with van der Waals surface area (Å²) < 4.78 is 9.82. The number of Topliss-reactive ketones (excluding diaryl/α,β-unsaturated/α-hetero) is 1. The Hall–Kier alpha value is -3.27. The van der Waals surface area contributed by atoms with Gasteiger partial charge in [0.1, 0.15) is 10.5 Å². The molecule has 33 heavy (non-hydrogen) atoms. The Kier molecular flexibility index (Phi) is 6.08. The van der Waals surface area contributed by atoms with Crippen LogP contribution in [0.3, 0.4) is 0 Å². The van der Waals surface area contributed by atoms with Crippen LogP contribution in [0.4, 0.5) is 0 Å². The maximum Gasteiger partial charge on any atom is 0.278 e. The quantitative estimate of drug-likeness (QED) is 0.128. The minimum Gasteiger partial charge on any atom is -0.467 e. The molecule has 0 unspecified atom stereocenters. The summed E-state index contributed by atoms with van der Waals surface area (Å²) in [6, 6.07) is 22.0. The van der Waals surface area contributed by atoms with Crippen LogP contribution in [0.15, 0.2) is 93.4 Å². The van der Waals surface area contributed by atoms with E-state index in [1.165, 1.54) is 23.1 Å². The van der Waals surface area contributed by atoms with Gasteiger partial charge >= 0.3 is 0 Å². The van der Waals surface area contributed by atoms with E-state index < -0.39 is 0 Å². The van der Waals surface area contributed by atoms with E-state index in [0.29, 0.717) is 43.0 Å². The first-order valence-electron chi connectivity index (χ1n) is 10.1.